The fraction of sp³-hybridized carbons (Fsp3) is 0.235. The first-order valence-electron chi connectivity index (χ1n) is 6.90. The Morgan fingerprint density at radius 1 is 1.14 bits per heavy atom. The molecule has 0 amide bonds. The molecule has 0 saturated carbocycles. The van der Waals surface area contributed by atoms with Crippen LogP contribution in [0.2, 0.25) is 0 Å². The van der Waals surface area contributed by atoms with Crippen molar-refractivity contribution < 1.29 is 13.6 Å². The Balaban J connectivity index is 2.05. The van der Waals surface area contributed by atoms with Gasteiger partial charge in [0.2, 0.25) is 0 Å². The molecule has 0 radical (unpaired) electrons. The molecule has 0 bridgehead atoms. The van der Waals surface area contributed by atoms with Gasteiger partial charge in [-0.15, -0.1) is 0 Å². The largest absolute Gasteiger partial charge is 0.312 e. The summed E-state index contributed by atoms with van der Waals surface area (Å²) in [6.45, 7) is 3.10. The highest BCUT2D eigenvalue weighted by Crippen LogP contribution is 2.22. The maximum absolute atomic E-state index is 14.1. The first-order valence-corrected chi connectivity index (χ1v) is 6.90. The molecule has 108 valence electrons. The van der Waals surface area contributed by atoms with E-state index in [0.717, 1.165) is 24.6 Å². The second-order valence-corrected chi connectivity index (χ2v) is 5.29. The molecule has 1 aliphatic heterocycles. The van der Waals surface area contributed by atoms with Gasteiger partial charge in [0.1, 0.15) is 11.6 Å². The van der Waals surface area contributed by atoms with Gasteiger partial charge in [-0.05, 0) is 48.7 Å². The third kappa shape index (κ3) is 2.47. The third-order valence-corrected chi connectivity index (χ3v) is 3.87. The van der Waals surface area contributed by atoms with Gasteiger partial charge in [0, 0.05) is 12.1 Å². The summed E-state index contributed by atoms with van der Waals surface area (Å²) >= 11 is 0. The summed E-state index contributed by atoms with van der Waals surface area (Å²) in [5, 5.41) is 3.22. The smallest absolute Gasteiger partial charge is 0.198 e. The number of carbonyl (C=O) groups excluding carboxylic acids is 1. The van der Waals surface area contributed by atoms with Crippen molar-refractivity contribution in [2.24, 2.45) is 0 Å². The van der Waals surface area contributed by atoms with E-state index in [0.29, 0.717) is 12.1 Å². The minimum atomic E-state index is -0.820. The Labute approximate surface area is 121 Å². The summed E-state index contributed by atoms with van der Waals surface area (Å²) in [6, 6.07) is 7.71. The van der Waals surface area contributed by atoms with Crippen LogP contribution in [0.1, 0.15) is 32.6 Å². The molecule has 0 aromatic heterocycles. The van der Waals surface area contributed by atoms with Gasteiger partial charge >= 0.3 is 0 Å². The molecule has 21 heavy (non-hydrogen) atoms. The van der Waals surface area contributed by atoms with Crippen molar-refractivity contribution in [1.29, 1.82) is 0 Å². The minimum Gasteiger partial charge on any atom is -0.312 e. The molecule has 2 aromatic carbocycles. The molecule has 0 spiro atoms. The van der Waals surface area contributed by atoms with Crippen molar-refractivity contribution in [3.05, 3.63) is 69.8 Å². The Kier molecular flexibility index (Phi) is 3.55. The molecular weight excluding hydrogens is 272 g/mol. The van der Waals surface area contributed by atoms with E-state index in [1.54, 1.807) is 12.1 Å². The molecule has 0 atom stereocenters. The van der Waals surface area contributed by atoms with Gasteiger partial charge in [0.15, 0.2) is 5.78 Å². The van der Waals surface area contributed by atoms with Gasteiger partial charge in [-0.25, -0.2) is 8.78 Å². The number of rotatable bonds is 2. The summed E-state index contributed by atoms with van der Waals surface area (Å²) in [7, 11) is 0. The molecule has 0 aliphatic carbocycles. The van der Waals surface area contributed by atoms with Crippen molar-refractivity contribution in [3.63, 3.8) is 0 Å². The molecular formula is C17H15F2NO. The molecule has 0 fully saturated rings. The summed E-state index contributed by atoms with van der Waals surface area (Å²) in [5.74, 6) is -2.21. The van der Waals surface area contributed by atoms with Crippen molar-refractivity contribution in [3.8, 4) is 0 Å². The van der Waals surface area contributed by atoms with Gasteiger partial charge < -0.3 is 5.32 Å². The van der Waals surface area contributed by atoms with Crippen molar-refractivity contribution >= 4 is 5.78 Å². The van der Waals surface area contributed by atoms with Crippen LogP contribution in [0.3, 0.4) is 0 Å². The van der Waals surface area contributed by atoms with E-state index < -0.39 is 23.0 Å². The van der Waals surface area contributed by atoms with Crippen LogP contribution in [0.4, 0.5) is 8.78 Å². The van der Waals surface area contributed by atoms with Crippen LogP contribution in [-0.2, 0) is 13.0 Å². The molecule has 1 aliphatic rings. The number of aryl methyl sites for hydroxylation is 1. The van der Waals surface area contributed by atoms with Gasteiger partial charge in [-0.1, -0.05) is 18.2 Å². The molecule has 0 saturated heterocycles. The quantitative estimate of drug-likeness (QED) is 0.860. The van der Waals surface area contributed by atoms with Crippen LogP contribution < -0.4 is 5.32 Å². The summed E-state index contributed by atoms with van der Waals surface area (Å²) < 4.78 is 27.9. The second kappa shape index (κ2) is 5.37. The summed E-state index contributed by atoms with van der Waals surface area (Å²) in [4.78, 5) is 12.4. The average Bonchev–Trinajstić information content (AvgIpc) is 2.51. The highest BCUT2D eigenvalue weighted by atomic mass is 19.1. The van der Waals surface area contributed by atoms with Gasteiger partial charge in [-0.3, -0.25) is 4.79 Å². The zero-order chi connectivity index (χ0) is 15.0. The Bertz CT molecular complexity index is 725. The zero-order valence-corrected chi connectivity index (χ0v) is 11.7. The number of hydrogen-bond donors (Lipinski definition) is 1. The number of nitrogens with one attached hydrogen (secondary N) is 1. The zero-order valence-electron chi connectivity index (χ0n) is 11.7. The van der Waals surface area contributed by atoms with Crippen molar-refractivity contribution in [1.82, 2.24) is 5.32 Å². The third-order valence-electron chi connectivity index (χ3n) is 3.87. The van der Waals surface area contributed by atoms with Crippen LogP contribution in [0.25, 0.3) is 0 Å². The molecule has 0 unspecified atom stereocenters. The number of benzene rings is 2. The monoisotopic (exact) mass is 287 g/mol. The first-order chi connectivity index (χ1) is 10.1. The first kappa shape index (κ1) is 13.9. The summed E-state index contributed by atoms with van der Waals surface area (Å²) in [6.07, 6.45) is 0.900. The van der Waals surface area contributed by atoms with E-state index in [2.05, 4.69) is 5.32 Å². The number of ketones is 1. The summed E-state index contributed by atoms with van der Waals surface area (Å²) in [5.41, 5.74) is 2.30. The van der Waals surface area contributed by atoms with Gasteiger partial charge in [0.05, 0.1) is 5.56 Å². The number of carbonyl (C=O) groups is 1. The standard InChI is InChI=1S/C17H15F2NO/c1-10-2-5-14(18)15(16(10)19)17(21)12-4-3-11-6-7-20-9-13(11)8-12/h2-5,8,20H,6-7,9H2,1H3. The Morgan fingerprint density at radius 2 is 1.95 bits per heavy atom. The topological polar surface area (TPSA) is 29.1 Å². The SMILES string of the molecule is Cc1ccc(F)c(C(=O)c2ccc3c(c2)CNCC3)c1F. The fourth-order valence-corrected chi connectivity index (χ4v) is 2.63. The fourth-order valence-electron chi connectivity index (χ4n) is 2.63. The van der Waals surface area contributed by atoms with Crippen LogP contribution in [0, 0.1) is 18.6 Å². The van der Waals surface area contributed by atoms with Crippen LogP contribution in [-0.4, -0.2) is 12.3 Å². The highest BCUT2D eigenvalue weighted by molar-refractivity contribution is 6.09. The van der Waals surface area contributed by atoms with Crippen molar-refractivity contribution in [2.75, 3.05) is 6.54 Å². The average molecular weight is 287 g/mol. The van der Waals surface area contributed by atoms with Gasteiger partial charge in [-0.2, -0.15) is 0 Å². The molecule has 1 N–H and O–H groups in total. The Hall–Kier alpha value is -2.07. The number of hydrogen-bond acceptors (Lipinski definition) is 2. The van der Waals surface area contributed by atoms with Crippen molar-refractivity contribution in [2.45, 2.75) is 19.9 Å². The van der Waals surface area contributed by atoms with Gasteiger partial charge in [0.25, 0.3) is 0 Å². The lowest BCUT2D eigenvalue weighted by Gasteiger charge is -2.17. The van der Waals surface area contributed by atoms with E-state index >= 15 is 0 Å². The number of halogens is 2. The Morgan fingerprint density at radius 3 is 2.76 bits per heavy atom. The molecule has 3 rings (SSSR count). The lowest BCUT2D eigenvalue weighted by Crippen LogP contribution is -2.24. The van der Waals surface area contributed by atoms with Crippen LogP contribution in [0.15, 0.2) is 30.3 Å². The molecule has 4 heteroatoms. The van der Waals surface area contributed by atoms with Crippen LogP contribution in [0.5, 0.6) is 0 Å². The molecule has 2 aromatic rings. The van der Waals surface area contributed by atoms with E-state index in [1.165, 1.54) is 18.6 Å². The van der Waals surface area contributed by atoms with E-state index in [-0.39, 0.29) is 5.56 Å². The minimum absolute atomic E-state index is 0.263. The maximum atomic E-state index is 14.1. The second-order valence-electron chi connectivity index (χ2n) is 5.29. The van der Waals surface area contributed by atoms with Crippen LogP contribution >= 0.6 is 0 Å². The predicted octanol–water partition coefficient (Wildman–Crippen LogP) is 3.15. The predicted molar refractivity (Wildman–Crippen MR) is 76.4 cm³/mol. The lowest BCUT2D eigenvalue weighted by molar-refractivity contribution is 0.103. The molecule has 1 heterocycles. The van der Waals surface area contributed by atoms with E-state index in [1.807, 2.05) is 6.07 Å². The van der Waals surface area contributed by atoms with E-state index in [4.69, 9.17) is 0 Å². The maximum Gasteiger partial charge on any atom is 0.198 e. The normalized spacial score (nSPS) is 13.9. The molecule has 2 nitrogen and oxygen atoms in total. The van der Waals surface area contributed by atoms with E-state index in [9.17, 15) is 13.6 Å². The number of fused-ring (bicyclic) bond motifs is 1. The lowest BCUT2D eigenvalue weighted by atomic mass is 9.94. The highest BCUT2D eigenvalue weighted by Gasteiger charge is 2.21.